The highest BCUT2D eigenvalue weighted by Crippen LogP contribution is 2.21. The predicted molar refractivity (Wildman–Crippen MR) is 70.1 cm³/mol. The SMILES string of the molecule is O=C(O)CC1CCCN(C(=O)c2cccc(Cl)n2)C1. The average Bonchev–Trinajstić information content (AvgIpc) is 2.37. The highest BCUT2D eigenvalue weighted by Gasteiger charge is 2.26. The molecule has 0 aliphatic carbocycles. The third-order valence-electron chi connectivity index (χ3n) is 3.20. The number of rotatable bonds is 3. The van der Waals surface area contributed by atoms with Gasteiger partial charge in [0, 0.05) is 19.5 Å². The summed E-state index contributed by atoms with van der Waals surface area (Å²) in [5, 5.41) is 9.09. The Kier molecular flexibility index (Phi) is 4.37. The second kappa shape index (κ2) is 6.02. The first-order valence-corrected chi connectivity index (χ1v) is 6.57. The first kappa shape index (κ1) is 13.8. The molecule has 1 fully saturated rings. The number of hydrogen-bond acceptors (Lipinski definition) is 3. The van der Waals surface area contributed by atoms with E-state index in [1.165, 1.54) is 0 Å². The standard InChI is InChI=1S/C13H15ClN2O3/c14-11-5-1-4-10(15-11)13(19)16-6-2-3-9(8-16)7-12(17)18/h1,4-5,9H,2-3,6-8H2,(H,17,18). The fourth-order valence-corrected chi connectivity index (χ4v) is 2.52. The molecular weight excluding hydrogens is 268 g/mol. The van der Waals surface area contributed by atoms with Crippen molar-refractivity contribution >= 4 is 23.5 Å². The average molecular weight is 283 g/mol. The van der Waals surface area contributed by atoms with Gasteiger partial charge in [-0.25, -0.2) is 4.98 Å². The Morgan fingerprint density at radius 2 is 2.26 bits per heavy atom. The van der Waals surface area contributed by atoms with E-state index in [-0.39, 0.29) is 23.4 Å². The second-order valence-electron chi connectivity index (χ2n) is 4.70. The van der Waals surface area contributed by atoms with Crippen LogP contribution in [0.3, 0.4) is 0 Å². The van der Waals surface area contributed by atoms with E-state index in [1.54, 1.807) is 23.1 Å². The van der Waals surface area contributed by atoms with Gasteiger partial charge in [0.2, 0.25) is 0 Å². The Morgan fingerprint density at radius 1 is 1.47 bits per heavy atom. The van der Waals surface area contributed by atoms with Crippen LogP contribution in [0, 0.1) is 5.92 Å². The summed E-state index contributed by atoms with van der Waals surface area (Å²) >= 11 is 5.77. The number of carboxylic acids is 1. The number of aromatic nitrogens is 1. The highest BCUT2D eigenvalue weighted by molar-refractivity contribution is 6.29. The van der Waals surface area contributed by atoms with Crippen LogP contribution in [0.25, 0.3) is 0 Å². The van der Waals surface area contributed by atoms with E-state index in [4.69, 9.17) is 16.7 Å². The van der Waals surface area contributed by atoms with Gasteiger partial charge in [-0.1, -0.05) is 17.7 Å². The number of amides is 1. The number of hydrogen-bond donors (Lipinski definition) is 1. The normalized spacial score (nSPS) is 19.2. The molecule has 19 heavy (non-hydrogen) atoms. The zero-order chi connectivity index (χ0) is 13.8. The third kappa shape index (κ3) is 3.67. The molecule has 102 valence electrons. The summed E-state index contributed by atoms with van der Waals surface area (Å²) in [7, 11) is 0. The van der Waals surface area contributed by atoms with Crippen molar-refractivity contribution in [2.45, 2.75) is 19.3 Å². The number of carbonyl (C=O) groups excluding carboxylic acids is 1. The number of pyridine rings is 1. The molecule has 1 amide bonds. The lowest BCUT2D eigenvalue weighted by molar-refractivity contribution is -0.138. The molecule has 1 aliphatic rings. The molecule has 2 rings (SSSR count). The molecule has 0 spiro atoms. The van der Waals surface area contributed by atoms with E-state index in [2.05, 4.69) is 4.98 Å². The summed E-state index contributed by atoms with van der Waals surface area (Å²) in [6.07, 6.45) is 1.77. The van der Waals surface area contributed by atoms with Gasteiger partial charge in [-0.2, -0.15) is 0 Å². The first-order chi connectivity index (χ1) is 9.06. The lowest BCUT2D eigenvalue weighted by Crippen LogP contribution is -2.40. The van der Waals surface area contributed by atoms with Gasteiger partial charge in [0.15, 0.2) is 0 Å². The Balaban J connectivity index is 2.04. The van der Waals surface area contributed by atoms with Gasteiger partial charge in [-0.05, 0) is 30.9 Å². The van der Waals surface area contributed by atoms with E-state index in [0.717, 1.165) is 12.8 Å². The van der Waals surface area contributed by atoms with Gasteiger partial charge >= 0.3 is 5.97 Å². The number of carbonyl (C=O) groups is 2. The van der Waals surface area contributed by atoms with Crippen LogP contribution in [0.4, 0.5) is 0 Å². The van der Waals surface area contributed by atoms with Crippen molar-refractivity contribution < 1.29 is 14.7 Å². The van der Waals surface area contributed by atoms with E-state index < -0.39 is 5.97 Å². The highest BCUT2D eigenvalue weighted by atomic mass is 35.5. The summed E-state index contributed by atoms with van der Waals surface area (Å²) in [6.45, 7) is 1.11. The minimum Gasteiger partial charge on any atom is -0.481 e. The van der Waals surface area contributed by atoms with Crippen molar-refractivity contribution in [3.8, 4) is 0 Å². The van der Waals surface area contributed by atoms with Gasteiger partial charge in [0.25, 0.3) is 5.91 Å². The van der Waals surface area contributed by atoms with Crippen molar-refractivity contribution in [2.24, 2.45) is 5.92 Å². The molecule has 1 aliphatic heterocycles. The third-order valence-corrected chi connectivity index (χ3v) is 3.41. The zero-order valence-electron chi connectivity index (χ0n) is 10.4. The van der Waals surface area contributed by atoms with Gasteiger partial charge in [0.05, 0.1) is 0 Å². The molecular formula is C13H15ClN2O3. The molecule has 0 radical (unpaired) electrons. The summed E-state index contributed by atoms with van der Waals surface area (Å²) in [6, 6.07) is 4.91. The lowest BCUT2D eigenvalue weighted by atomic mass is 9.94. The van der Waals surface area contributed by atoms with Crippen LogP contribution in [0.1, 0.15) is 29.8 Å². The number of aliphatic carboxylic acids is 1. The van der Waals surface area contributed by atoms with Crippen LogP contribution < -0.4 is 0 Å². The van der Waals surface area contributed by atoms with Crippen LogP contribution in [-0.4, -0.2) is 40.0 Å². The van der Waals surface area contributed by atoms with E-state index in [1.807, 2.05) is 0 Å². The molecule has 1 N–H and O–H groups in total. The molecule has 1 saturated heterocycles. The lowest BCUT2D eigenvalue weighted by Gasteiger charge is -2.31. The Labute approximate surface area is 116 Å². The molecule has 0 bridgehead atoms. The van der Waals surface area contributed by atoms with Crippen molar-refractivity contribution in [1.82, 2.24) is 9.88 Å². The molecule has 1 atom stereocenters. The van der Waals surface area contributed by atoms with Crippen LogP contribution in [0.5, 0.6) is 0 Å². The fourth-order valence-electron chi connectivity index (χ4n) is 2.35. The molecule has 2 heterocycles. The zero-order valence-corrected chi connectivity index (χ0v) is 11.1. The Morgan fingerprint density at radius 3 is 2.95 bits per heavy atom. The molecule has 1 aromatic rings. The number of nitrogens with zero attached hydrogens (tertiary/aromatic N) is 2. The maximum atomic E-state index is 12.2. The Bertz CT molecular complexity index is 493. The van der Waals surface area contributed by atoms with E-state index >= 15 is 0 Å². The maximum absolute atomic E-state index is 12.2. The van der Waals surface area contributed by atoms with Crippen molar-refractivity contribution in [1.29, 1.82) is 0 Å². The molecule has 1 aromatic heterocycles. The van der Waals surface area contributed by atoms with Crippen LogP contribution in [-0.2, 0) is 4.79 Å². The number of piperidine rings is 1. The summed E-state index contributed by atoms with van der Waals surface area (Å²) in [5.74, 6) is -0.979. The fraction of sp³-hybridized carbons (Fsp3) is 0.462. The minimum absolute atomic E-state index is 0.0226. The van der Waals surface area contributed by atoms with Crippen molar-refractivity contribution in [3.05, 3.63) is 29.0 Å². The number of likely N-dealkylation sites (tertiary alicyclic amines) is 1. The molecule has 5 nitrogen and oxygen atoms in total. The van der Waals surface area contributed by atoms with Crippen LogP contribution >= 0.6 is 11.6 Å². The number of carboxylic acid groups (broad SMARTS) is 1. The van der Waals surface area contributed by atoms with E-state index in [9.17, 15) is 9.59 Å². The van der Waals surface area contributed by atoms with Gasteiger partial charge in [-0.15, -0.1) is 0 Å². The molecule has 0 aromatic carbocycles. The molecule has 6 heteroatoms. The van der Waals surface area contributed by atoms with Gasteiger partial charge in [-0.3, -0.25) is 9.59 Å². The van der Waals surface area contributed by atoms with Gasteiger partial charge in [0.1, 0.15) is 10.8 Å². The van der Waals surface area contributed by atoms with Crippen molar-refractivity contribution in [3.63, 3.8) is 0 Å². The minimum atomic E-state index is -0.819. The smallest absolute Gasteiger partial charge is 0.303 e. The topological polar surface area (TPSA) is 70.5 Å². The maximum Gasteiger partial charge on any atom is 0.303 e. The van der Waals surface area contributed by atoms with Gasteiger partial charge < -0.3 is 10.0 Å². The Hall–Kier alpha value is -1.62. The monoisotopic (exact) mass is 282 g/mol. The molecule has 0 saturated carbocycles. The van der Waals surface area contributed by atoms with E-state index in [0.29, 0.717) is 18.8 Å². The molecule has 1 unspecified atom stereocenters. The number of halogens is 1. The largest absolute Gasteiger partial charge is 0.481 e. The van der Waals surface area contributed by atoms with Crippen molar-refractivity contribution in [2.75, 3.05) is 13.1 Å². The second-order valence-corrected chi connectivity index (χ2v) is 5.09. The predicted octanol–water partition coefficient (Wildman–Crippen LogP) is 2.06. The summed E-state index contributed by atoms with van der Waals surface area (Å²) in [5.41, 5.74) is 0.309. The summed E-state index contributed by atoms with van der Waals surface area (Å²) < 4.78 is 0. The van der Waals surface area contributed by atoms with Crippen LogP contribution in [0.15, 0.2) is 18.2 Å². The quantitative estimate of drug-likeness (QED) is 0.862. The first-order valence-electron chi connectivity index (χ1n) is 6.20. The van der Waals surface area contributed by atoms with Crippen LogP contribution in [0.2, 0.25) is 5.15 Å². The summed E-state index contributed by atoms with van der Waals surface area (Å²) in [4.78, 5) is 28.6.